The van der Waals surface area contributed by atoms with Crippen molar-refractivity contribution in [1.82, 2.24) is 34.9 Å². The van der Waals surface area contributed by atoms with Crippen LogP contribution in [0.3, 0.4) is 0 Å². The molecular formula is C23H26N8O2. The first-order chi connectivity index (χ1) is 15.7. The van der Waals surface area contributed by atoms with Crippen LogP contribution in [0.25, 0.3) is 11.4 Å². The Bertz CT molecular complexity index is 1290. The lowest BCUT2D eigenvalue weighted by molar-refractivity contribution is 0.0970. The minimum atomic E-state index is -0.291. The van der Waals surface area contributed by atoms with Crippen LogP contribution in [0.1, 0.15) is 54.8 Å². The van der Waals surface area contributed by atoms with Crippen LogP contribution in [0, 0.1) is 6.92 Å². The molecule has 1 aromatic carbocycles. The Morgan fingerprint density at radius 3 is 2.67 bits per heavy atom. The van der Waals surface area contributed by atoms with Crippen LogP contribution < -0.4 is 5.32 Å². The highest BCUT2D eigenvalue weighted by molar-refractivity contribution is 5.92. The van der Waals surface area contributed by atoms with Gasteiger partial charge in [0, 0.05) is 30.6 Å². The summed E-state index contributed by atoms with van der Waals surface area (Å²) in [4.78, 5) is 29.7. The average molecular weight is 447 g/mol. The third-order valence-electron chi connectivity index (χ3n) is 5.07. The molecule has 0 saturated heterocycles. The third-order valence-corrected chi connectivity index (χ3v) is 5.07. The van der Waals surface area contributed by atoms with Crippen molar-refractivity contribution in [1.29, 1.82) is 0 Å². The summed E-state index contributed by atoms with van der Waals surface area (Å²) in [6.07, 6.45) is 5.88. The molecule has 0 unspecified atom stereocenters. The molecule has 10 heteroatoms. The van der Waals surface area contributed by atoms with Crippen LogP contribution in [0.4, 0.5) is 11.6 Å². The minimum absolute atomic E-state index is 0.132. The van der Waals surface area contributed by atoms with Crippen molar-refractivity contribution in [2.24, 2.45) is 7.05 Å². The van der Waals surface area contributed by atoms with E-state index in [2.05, 4.69) is 35.5 Å². The lowest BCUT2D eigenvalue weighted by Crippen LogP contribution is -2.12. The number of nitrogens with one attached hydrogen (secondary N) is 1. The Morgan fingerprint density at radius 2 is 2.00 bits per heavy atom. The maximum absolute atomic E-state index is 12.5. The van der Waals surface area contributed by atoms with Gasteiger partial charge >= 0.3 is 0 Å². The molecule has 0 radical (unpaired) electrons. The number of aryl methyl sites for hydroxylation is 3. The third kappa shape index (κ3) is 5.28. The second-order valence-electron chi connectivity index (χ2n) is 8.90. The highest BCUT2D eigenvalue weighted by atomic mass is 16.5. The van der Waals surface area contributed by atoms with Gasteiger partial charge in [-0.25, -0.2) is 9.97 Å². The molecule has 4 aromatic rings. The molecule has 0 aliphatic rings. The molecule has 0 atom stereocenters. The van der Waals surface area contributed by atoms with E-state index in [1.54, 1.807) is 10.9 Å². The summed E-state index contributed by atoms with van der Waals surface area (Å²) in [5.41, 5.74) is 3.48. The summed E-state index contributed by atoms with van der Waals surface area (Å²) in [5, 5.41) is 11.1. The maximum Gasteiger partial charge on any atom is 0.238 e. The van der Waals surface area contributed by atoms with E-state index in [9.17, 15) is 4.79 Å². The van der Waals surface area contributed by atoms with Gasteiger partial charge < -0.3 is 9.84 Å². The molecule has 0 aliphatic carbocycles. The fraction of sp³-hybridized carbons (Fsp3) is 0.348. The lowest BCUT2D eigenvalue weighted by atomic mass is 9.97. The Balaban J connectivity index is 1.43. The standard InChI is InChI=1S/C23H26N8O2/c1-14-10-16(19-24-13-25-22(29-19)27-17-11-26-31(5)12-17)7-6-15(14)8-9-18(32)20-28-21(33-30-20)23(2,3)4/h6-7,10-13H,8-9H2,1-5H3,(H,24,25,27,29). The quantitative estimate of drug-likeness (QED) is 0.422. The van der Waals surface area contributed by atoms with E-state index in [1.807, 2.05) is 59.1 Å². The van der Waals surface area contributed by atoms with Gasteiger partial charge in [-0.05, 0) is 30.5 Å². The van der Waals surface area contributed by atoms with Gasteiger partial charge in [0.15, 0.2) is 5.82 Å². The number of rotatable bonds is 7. The van der Waals surface area contributed by atoms with Gasteiger partial charge in [-0.1, -0.05) is 38.1 Å². The van der Waals surface area contributed by atoms with Crippen molar-refractivity contribution in [2.45, 2.75) is 46.0 Å². The molecule has 4 rings (SSSR count). The summed E-state index contributed by atoms with van der Waals surface area (Å²) in [6.45, 7) is 7.89. The second-order valence-corrected chi connectivity index (χ2v) is 8.90. The number of hydrogen-bond donors (Lipinski definition) is 1. The summed E-state index contributed by atoms with van der Waals surface area (Å²) in [6, 6.07) is 5.95. The van der Waals surface area contributed by atoms with Crippen molar-refractivity contribution in [3.05, 3.63) is 59.8 Å². The SMILES string of the molecule is Cc1cc(-c2ncnc(Nc3cnn(C)c3)n2)ccc1CCC(=O)c1noc(C(C)(C)C)n1. The van der Waals surface area contributed by atoms with E-state index >= 15 is 0 Å². The average Bonchev–Trinajstić information content (AvgIpc) is 3.42. The molecule has 10 nitrogen and oxygen atoms in total. The van der Waals surface area contributed by atoms with Gasteiger partial charge in [0.1, 0.15) is 6.33 Å². The van der Waals surface area contributed by atoms with Gasteiger partial charge in [-0.2, -0.15) is 15.1 Å². The molecule has 0 spiro atoms. The Labute approximate surface area is 191 Å². The number of carbonyl (C=O) groups excluding carboxylic acids is 1. The van der Waals surface area contributed by atoms with Gasteiger partial charge in [0.25, 0.3) is 0 Å². The highest BCUT2D eigenvalue weighted by Gasteiger charge is 2.24. The number of ketones is 1. The van der Waals surface area contributed by atoms with Crippen LogP contribution in [0.2, 0.25) is 0 Å². The molecule has 0 fully saturated rings. The molecule has 0 bridgehead atoms. The molecule has 3 heterocycles. The summed E-state index contributed by atoms with van der Waals surface area (Å²) < 4.78 is 6.92. The second kappa shape index (κ2) is 8.89. The van der Waals surface area contributed by atoms with Crippen molar-refractivity contribution in [3.8, 4) is 11.4 Å². The molecule has 0 saturated carbocycles. The van der Waals surface area contributed by atoms with Crippen LogP contribution in [0.15, 0.2) is 41.4 Å². The smallest absolute Gasteiger partial charge is 0.238 e. The number of hydrogen-bond acceptors (Lipinski definition) is 9. The van der Waals surface area contributed by atoms with Crippen molar-refractivity contribution in [2.75, 3.05) is 5.32 Å². The van der Waals surface area contributed by atoms with E-state index in [4.69, 9.17) is 4.52 Å². The zero-order valence-electron chi connectivity index (χ0n) is 19.3. The number of benzene rings is 1. The molecular weight excluding hydrogens is 420 g/mol. The van der Waals surface area contributed by atoms with Crippen LogP contribution in [0.5, 0.6) is 0 Å². The van der Waals surface area contributed by atoms with E-state index in [-0.39, 0.29) is 17.0 Å². The Morgan fingerprint density at radius 1 is 1.18 bits per heavy atom. The first kappa shape index (κ1) is 22.3. The predicted molar refractivity (Wildman–Crippen MR) is 122 cm³/mol. The summed E-state index contributed by atoms with van der Waals surface area (Å²) >= 11 is 0. The zero-order chi connectivity index (χ0) is 23.6. The van der Waals surface area contributed by atoms with E-state index in [1.165, 1.54) is 6.33 Å². The molecule has 0 amide bonds. The fourth-order valence-electron chi connectivity index (χ4n) is 3.23. The van der Waals surface area contributed by atoms with Crippen LogP contribution in [-0.4, -0.2) is 40.7 Å². The number of Topliss-reactive ketones (excluding diaryl/α,β-unsaturated/α-hetero) is 1. The topological polar surface area (TPSA) is 125 Å². The van der Waals surface area contributed by atoms with Gasteiger partial charge in [0.2, 0.25) is 23.4 Å². The molecule has 0 aliphatic heterocycles. The normalized spacial score (nSPS) is 11.5. The minimum Gasteiger partial charge on any atom is -0.338 e. The lowest BCUT2D eigenvalue weighted by Gasteiger charge is -2.10. The van der Waals surface area contributed by atoms with Gasteiger partial charge in [0.05, 0.1) is 11.9 Å². The molecule has 1 N–H and O–H groups in total. The first-order valence-corrected chi connectivity index (χ1v) is 10.6. The number of nitrogens with zero attached hydrogens (tertiary/aromatic N) is 7. The zero-order valence-corrected chi connectivity index (χ0v) is 19.3. The van der Waals surface area contributed by atoms with Crippen LogP contribution in [-0.2, 0) is 18.9 Å². The first-order valence-electron chi connectivity index (χ1n) is 10.6. The Hall–Kier alpha value is -3.95. The summed E-state index contributed by atoms with van der Waals surface area (Å²) in [5.74, 6) is 1.45. The van der Waals surface area contributed by atoms with Gasteiger partial charge in [-0.15, -0.1) is 0 Å². The fourth-order valence-corrected chi connectivity index (χ4v) is 3.23. The van der Waals surface area contributed by atoms with E-state index in [0.717, 1.165) is 22.4 Å². The number of carbonyl (C=O) groups is 1. The molecule has 33 heavy (non-hydrogen) atoms. The van der Waals surface area contributed by atoms with Crippen molar-refractivity contribution in [3.63, 3.8) is 0 Å². The van der Waals surface area contributed by atoms with Crippen molar-refractivity contribution >= 4 is 17.4 Å². The predicted octanol–water partition coefficient (Wildman–Crippen LogP) is 3.82. The Kier molecular flexibility index (Phi) is 5.99. The summed E-state index contributed by atoms with van der Waals surface area (Å²) in [7, 11) is 1.84. The number of aromatic nitrogens is 7. The van der Waals surface area contributed by atoms with E-state index in [0.29, 0.717) is 30.5 Å². The molecule has 3 aromatic heterocycles. The monoisotopic (exact) mass is 446 g/mol. The largest absolute Gasteiger partial charge is 0.338 e. The van der Waals surface area contributed by atoms with Crippen LogP contribution >= 0.6 is 0 Å². The van der Waals surface area contributed by atoms with Gasteiger partial charge in [-0.3, -0.25) is 9.48 Å². The molecule has 170 valence electrons. The highest BCUT2D eigenvalue weighted by Crippen LogP contribution is 2.23. The maximum atomic E-state index is 12.5. The van der Waals surface area contributed by atoms with Crippen molar-refractivity contribution < 1.29 is 9.32 Å². The number of anilines is 2. The van der Waals surface area contributed by atoms with E-state index < -0.39 is 0 Å².